The number of hydrogen-bond donors (Lipinski definition) is 3. The molecule has 2 aliphatic rings. The predicted molar refractivity (Wildman–Crippen MR) is 141 cm³/mol. The van der Waals surface area contributed by atoms with Crippen LogP contribution in [0.3, 0.4) is 0 Å². The van der Waals surface area contributed by atoms with E-state index in [1.54, 1.807) is 12.1 Å². The van der Waals surface area contributed by atoms with Crippen LogP contribution in [0.15, 0.2) is 36.4 Å². The molecule has 3 N–H and O–H groups in total. The Morgan fingerprint density at radius 1 is 1.22 bits per heavy atom. The first-order chi connectivity index (χ1) is 17.3. The third-order valence-electron chi connectivity index (χ3n) is 6.81. The Kier molecular flexibility index (Phi) is 6.90. The number of likely N-dealkylation sites (tertiary alicyclic amines) is 1. The number of piperidine rings is 1. The van der Waals surface area contributed by atoms with E-state index in [1.165, 1.54) is 0 Å². The van der Waals surface area contributed by atoms with E-state index >= 15 is 0 Å². The lowest BCUT2D eigenvalue weighted by molar-refractivity contribution is 0.0898. The number of benzene rings is 2. The maximum absolute atomic E-state index is 13.1. The molecule has 1 saturated heterocycles. The zero-order chi connectivity index (χ0) is 25.3. The van der Waals surface area contributed by atoms with Gasteiger partial charge >= 0.3 is 0 Å². The van der Waals surface area contributed by atoms with E-state index < -0.39 is 0 Å². The maximum atomic E-state index is 13.1. The standard InChI is InChI=1S/C27H32ClN5O3/c1-27(2)16-17-14-18(28)15-21(23(17)36-27)25(35)30-19-8-12-33(13-9-19)11-5-10-29-26-31-22-7-4-3-6-20(22)24(34)32-26/h3-4,6-7,14-15,19H,5,8-13,16H2,1-2H3,(H,30,35)(H2,29,31,32,34). The summed E-state index contributed by atoms with van der Waals surface area (Å²) in [7, 11) is 0. The van der Waals surface area contributed by atoms with E-state index in [1.807, 2.05) is 38.1 Å². The van der Waals surface area contributed by atoms with E-state index in [4.69, 9.17) is 16.3 Å². The average molecular weight is 510 g/mol. The molecule has 0 radical (unpaired) electrons. The molecule has 1 aromatic heterocycles. The second-order valence-electron chi connectivity index (χ2n) is 10.2. The van der Waals surface area contributed by atoms with Crippen LogP contribution < -0.4 is 15.4 Å². The minimum Gasteiger partial charge on any atom is -0.493 e. The second-order valence-corrected chi connectivity index (χ2v) is 10.7. The van der Waals surface area contributed by atoms with Crippen molar-refractivity contribution in [1.82, 2.24) is 20.2 Å². The smallest absolute Gasteiger partial charge is 0.255 e. The molecular formula is C27H32ClN5O3. The van der Waals surface area contributed by atoms with Gasteiger partial charge in [0.25, 0.3) is 5.91 Å². The van der Waals surface area contributed by atoms with Crippen molar-refractivity contribution in [1.29, 1.82) is 0 Å². The van der Waals surface area contributed by atoms with Crippen molar-refractivity contribution in [2.75, 3.05) is 31.5 Å². The van der Waals surface area contributed by atoms with E-state index in [-0.39, 0.29) is 23.4 Å². The number of amides is 1. The molecule has 3 aromatic rings. The van der Waals surface area contributed by atoms with Crippen molar-refractivity contribution in [2.45, 2.75) is 51.2 Å². The van der Waals surface area contributed by atoms with Crippen LogP contribution in [-0.2, 0) is 6.42 Å². The van der Waals surface area contributed by atoms with Gasteiger partial charge in [-0.3, -0.25) is 4.79 Å². The van der Waals surface area contributed by atoms with Gasteiger partial charge in [-0.25, -0.2) is 4.98 Å². The number of rotatable bonds is 7. The molecule has 0 saturated carbocycles. The highest BCUT2D eigenvalue weighted by Crippen LogP contribution is 2.39. The summed E-state index contributed by atoms with van der Waals surface area (Å²) in [4.78, 5) is 24.1. The number of carbonyl (C=O) groups is 1. The molecule has 0 unspecified atom stereocenters. The van der Waals surface area contributed by atoms with Crippen molar-refractivity contribution in [2.24, 2.45) is 0 Å². The molecule has 9 heteroatoms. The third kappa shape index (κ3) is 5.50. The Bertz CT molecular complexity index is 1270. The van der Waals surface area contributed by atoms with E-state index in [2.05, 4.69) is 25.5 Å². The minimum atomic E-state index is -0.330. The number of aromatic hydroxyl groups is 1. The van der Waals surface area contributed by atoms with Crippen LogP contribution in [0.4, 0.5) is 5.95 Å². The lowest BCUT2D eigenvalue weighted by Gasteiger charge is -2.32. The predicted octanol–water partition coefficient (Wildman–Crippen LogP) is 4.40. The SMILES string of the molecule is CC1(C)Cc2cc(Cl)cc(C(=O)NC3CCN(CCCNc4nc(O)c5ccccc5n4)CC3)c2O1. The van der Waals surface area contributed by atoms with Gasteiger partial charge in [-0.2, -0.15) is 4.98 Å². The summed E-state index contributed by atoms with van der Waals surface area (Å²) in [6.45, 7) is 7.55. The first-order valence-electron chi connectivity index (χ1n) is 12.5. The minimum absolute atomic E-state index is 0.00905. The van der Waals surface area contributed by atoms with E-state index in [9.17, 15) is 9.90 Å². The first kappa shape index (κ1) is 24.6. The molecule has 8 nitrogen and oxygen atoms in total. The number of carbonyl (C=O) groups excluding carboxylic acids is 1. The molecule has 0 spiro atoms. The molecular weight excluding hydrogens is 478 g/mol. The Morgan fingerprint density at radius 2 is 2.00 bits per heavy atom. The molecule has 1 amide bonds. The number of aromatic nitrogens is 2. The molecule has 2 aromatic carbocycles. The van der Waals surface area contributed by atoms with Gasteiger partial charge < -0.3 is 25.4 Å². The van der Waals surface area contributed by atoms with Gasteiger partial charge in [-0.15, -0.1) is 0 Å². The second kappa shape index (κ2) is 10.1. The van der Waals surface area contributed by atoms with Crippen LogP contribution in [0, 0.1) is 0 Å². The van der Waals surface area contributed by atoms with Crippen LogP contribution in [0.2, 0.25) is 5.02 Å². The lowest BCUT2D eigenvalue weighted by Crippen LogP contribution is -2.45. The summed E-state index contributed by atoms with van der Waals surface area (Å²) in [5.41, 5.74) is 1.90. The number of nitrogens with one attached hydrogen (secondary N) is 2. The fourth-order valence-electron chi connectivity index (χ4n) is 5.05. The Balaban J connectivity index is 1.07. The number of anilines is 1. The number of hydrogen-bond acceptors (Lipinski definition) is 7. The highest BCUT2D eigenvalue weighted by atomic mass is 35.5. The number of ether oxygens (including phenoxy) is 1. The molecule has 3 heterocycles. The number of halogens is 1. The normalized spacial score (nSPS) is 17.5. The van der Waals surface area contributed by atoms with Gasteiger partial charge in [0.2, 0.25) is 11.8 Å². The van der Waals surface area contributed by atoms with E-state index in [0.717, 1.165) is 56.4 Å². The summed E-state index contributed by atoms with van der Waals surface area (Å²) < 4.78 is 6.07. The first-order valence-corrected chi connectivity index (χ1v) is 12.9. The Hall–Kier alpha value is -3.10. The van der Waals surface area contributed by atoms with Gasteiger partial charge in [-0.1, -0.05) is 23.7 Å². The largest absolute Gasteiger partial charge is 0.493 e. The molecule has 2 aliphatic heterocycles. The number of para-hydroxylation sites is 1. The molecule has 36 heavy (non-hydrogen) atoms. The van der Waals surface area contributed by atoms with Gasteiger partial charge in [0.1, 0.15) is 11.4 Å². The fourth-order valence-corrected chi connectivity index (χ4v) is 5.29. The van der Waals surface area contributed by atoms with Crippen LogP contribution in [0.1, 0.15) is 49.0 Å². The van der Waals surface area contributed by atoms with Crippen LogP contribution in [-0.4, -0.2) is 63.7 Å². The van der Waals surface area contributed by atoms with Crippen molar-refractivity contribution in [3.8, 4) is 11.6 Å². The Labute approximate surface area is 216 Å². The zero-order valence-corrected chi connectivity index (χ0v) is 21.4. The molecule has 0 bridgehead atoms. The highest BCUT2D eigenvalue weighted by Gasteiger charge is 2.34. The third-order valence-corrected chi connectivity index (χ3v) is 7.03. The number of fused-ring (bicyclic) bond motifs is 2. The summed E-state index contributed by atoms with van der Waals surface area (Å²) >= 11 is 6.29. The van der Waals surface area contributed by atoms with Gasteiger partial charge in [-0.05, 0) is 63.9 Å². The van der Waals surface area contributed by atoms with Crippen molar-refractivity contribution in [3.63, 3.8) is 0 Å². The van der Waals surface area contributed by atoms with Crippen LogP contribution >= 0.6 is 11.6 Å². The lowest BCUT2D eigenvalue weighted by atomic mass is 9.99. The van der Waals surface area contributed by atoms with Crippen LogP contribution in [0.25, 0.3) is 10.9 Å². The van der Waals surface area contributed by atoms with Crippen LogP contribution in [0.5, 0.6) is 11.6 Å². The van der Waals surface area contributed by atoms with E-state index in [0.29, 0.717) is 34.2 Å². The fraction of sp³-hybridized carbons (Fsp3) is 0.444. The van der Waals surface area contributed by atoms with Crippen molar-refractivity contribution >= 4 is 34.4 Å². The van der Waals surface area contributed by atoms with Crippen molar-refractivity contribution in [3.05, 3.63) is 52.5 Å². The maximum Gasteiger partial charge on any atom is 0.255 e. The molecule has 0 atom stereocenters. The highest BCUT2D eigenvalue weighted by molar-refractivity contribution is 6.31. The monoisotopic (exact) mass is 509 g/mol. The van der Waals surface area contributed by atoms with Gasteiger partial charge in [0, 0.05) is 42.7 Å². The number of nitrogens with zero attached hydrogens (tertiary/aromatic N) is 3. The Morgan fingerprint density at radius 3 is 2.81 bits per heavy atom. The van der Waals surface area contributed by atoms with Crippen molar-refractivity contribution < 1.29 is 14.6 Å². The molecule has 1 fully saturated rings. The summed E-state index contributed by atoms with van der Waals surface area (Å²) in [5, 5.41) is 17.7. The topological polar surface area (TPSA) is 99.6 Å². The molecule has 190 valence electrons. The summed E-state index contributed by atoms with van der Waals surface area (Å²) in [6, 6.07) is 11.1. The van der Waals surface area contributed by atoms with Gasteiger partial charge in [0.15, 0.2) is 0 Å². The quantitative estimate of drug-likeness (QED) is 0.406. The molecule has 5 rings (SSSR count). The molecule has 0 aliphatic carbocycles. The summed E-state index contributed by atoms with van der Waals surface area (Å²) in [6.07, 6.45) is 3.46. The zero-order valence-electron chi connectivity index (χ0n) is 20.7. The van der Waals surface area contributed by atoms with Gasteiger partial charge in [0.05, 0.1) is 16.5 Å². The summed E-state index contributed by atoms with van der Waals surface area (Å²) in [5.74, 6) is 0.973. The average Bonchev–Trinajstić information content (AvgIpc) is 3.16.